The summed E-state index contributed by atoms with van der Waals surface area (Å²) >= 11 is 0. The van der Waals surface area contributed by atoms with E-state index in [0.717, 1.165) is 18.2 Å². The monoisotopic (exact) mass is 593 g/mol. The molecule has 224 valence electrons. The number of benzene rings is 2. The number of alkyl halides is 6. The van der Waals surface area contributed by atoms with Gasteiger partial charge in [-0.2, -0.15) is 36.9 Å². The van der Waals surface area contributed by atoms with Gasteiger partial charge in [0.05, 0.1) is 40.5 Å². The minimum atomic E-state index is -4.63. The summed E-state index contributed by atoms with van der Waals surface area (Å²) < 4.78 is 85.4. The Morgan fingerprint density at radius 2 is 1.40 bits per heavy atom. The van der Waals surface area contributed by atoms with Gasteiger partial charge in [0.1, 0.15) is 6.61 Å². The first kappa shape index (κ1) is 31.0. The van der Waals surface area contributed by atoms with Crippen LogP contribution in [0.15, 0.2) is 36.4 Å². The first-order valence-corrected chi connectivity index (χ1v) is 13.5. The van der Waals surface area contributed by atoms with Crippen LogP contribution in [0.4, 0.5) is 37.7 Å². The number of rotatable bonds is 7. The average Bonchev–Trinajstić information content (AvgIpc) is 2.96. The number of ether oxygens (including phenoxy) is 1. The minimum Gasteiger partial charge on any atom is -0.382 e. The van der Waals surface area contributed by atoms with E-state index >= 15 is 0 Å². The lowest BCUT2D eigenvalue weighted by atomic mass is 9.92. The van der Waals surface area contributed by atoms with Crippen LogP contribution in [-0.4, -0.2) is 43.8 Å². The van der Waals surface area contributed by atoms with Crippen molar-refractivity contribution in [2.45, 2.75) is 69.1 Å². The molecule has 42 heavy (non-hydrogen) atoms. The van der Waals surface area contributed by atoms with Crippen LogP contribution in [0.2, 0.25) is 0 Å². The predicted octanol–water partition coefficient (Wildman–Crippen LogP) is 5.99. The second-order valence-electron chi connectivity index (χ2n) is 10.5. The van der Waals surface area contributed by atoms with Crippen LogP contribution < -0.4 is 15.5 Å². The molecule has 0 spiro atoms. The SMILES string of the molecule is N#Cc1ccc(N[C@H]2CC[C@H](OCC(=O)NC3CCN(c4ccc(C#N)c(C(F)(F)F)c4)CC3)CC2)cc1C(F)(F)F. The fourth-order valence-corrected chi connectivity index (χ4v) is 5.38. The topological polar surface area (TPSA) is 101 Å². The van der Waals surface area contributed by atoms with Crippen LogP contribution in [0, 0.1) is 22.7 Å². The van der Waals surface area contributed by atoms with Gasteiger partial charge in [0.2, 0.25) is 5.91 Å². The smallest absolute Gasteiger partial charge is 0.382 e. The number of nitrogens with one attached hydrogen (secondary N) is 2. The van der Waals surface area contributed by atoms with Crippen LogP contribution >= 0.6 is 0 Å². The van der Waals surface area contributed by atoms with Crippen molar-refractivity contribution in [1.82, 2.24) is 5.32 Å². The third-order valence-electron chi connectivity index (χ3n) is 7.59. The zero-order chi connectivity index (χ0) is 30.5. The molecule has 0 unspecified atom stereocenters. The van der Waals surface area contributed by atoms with Gasteiger partial charge >= 0.3 is 12.4 Å². The molecule has 7 nitrogen and oxygen atoms in total. The molecule has 0 radical (unpaired) electrons. The Morgan fingerprint density at radius 3 is 1.98 bits per heavy atom. The van der Waals surface area contributed by atoms with Gasteiger partial charge in [-0.05, 0) is 74.9 Å². The van der Waals surface area contributed by atoms with E-state index in [1.807, 2.05) is 0 Å². The van der Waals surface area contributed by atoms with Crippen LogP contribution in [0.1, 0.15) is 60.8 Å². The van der Waals surface area contributed by atoms with E-state index in [4.69, 9.17) is 15.3 Å². The maximum absolute atomic E-state index is 13.3. The molecule has 1 heterocycles. The minimum absolute atomic E-state index is 0.0683. The average molecular weight is 594 g/mol. The predicted molar refractivity (Wildman–Crippen MR) is 141 cm³/mol. The van der Waals surface area contributed by atoms with Gasteiger partial charge in [0.25, 0.3) is 0 Å². The summed E-state index contributed by atoms with van der Waals surface area (Å²) in [6.45, 7) is 0.740. The number of piperidine rings is 1. The quantitative estimate of drug-likeness (QED) is 0.383. The van der Waals surface area contributed by atoms with Crippen LogP contribution in [0.5, 0.6) is 0 Å². The van der Waals surface area contributed by atoms with Gasteiger partial charge < -0.3 is 20.3 Å². The molecule has 0 bridgehead atoms. The Balaban J connectivity index is 1.18. The Morgan fingerprint density at radius 1 is 0.833 bits per heavy atom. The van der Waals surface area contributed by atoms with Crippen molar-refractivity contribution >= 4 is 17.3 Å². The lowest BCUT2D eigenvalue weighted by molar-refractivity contribution is -0.138. The molecular weight excluding hydrogens is 564 g/mol. The molecule has 4 rings (SSSR count). The van der Waals surface area contributed by atoms with Crippen LogP contribution in [-0.2, 0) is 21.9 Å². The summed E-state index contributed by atoms with van der Waals surface area (Å²) in [6, 6.07) is 10.1. The molecule has 1 amide bonds. The number of carbonyl (C=O) groups excluding carboxylic acids is 1. The molecule has 1 saturated heterocycles. The number of carbonyl (C=O) groups is 1. The Kier molecular flexibility index (Phi) is 9.52. The van der Waals surface area contributed by atoms with Crippen LogP contribution in [0.3, 0.4) is 0 Å². The molecule has 2 aliphatic rings. The number of nitriles is 2. The van der Waals surface area contributed by atoms with E-state index in [1.165, 1.54) is 18.2 Å². The fourth-order valence-electron chi connectivity index (χ4n) is 5.38. The highest BCUT2D eigenvalue weighted by molar-refractivity contribution is 5.77. The third-order valence-corrected chi connectivity index (χ3v) is 7.59. The van der Waals surface area contributed by atoms with Crippen molar-refractivity contribution in [1.29, 1.82) is 10.5 Å². The van der Waals surface area contributed by atoms with Gasteiger partial charge in [0, 0.05) is 36.5 Å². The zero-order valence-corrected chi connectivity index (χ0v) is 22.5. The molecule has 2 aromatic carbocycles. The van der Waals surface area contributed by atoms with Crippen molar-refractivity contribution in [3.63, 3.8) is 0 Å². The first-order chi connectivity index (χ1) is 19.9. The molecule has 2 N–H and O–H groups in total. The number of nitrogens with zero attached hydrogens (tertiary/aromatic N) is 3. The summed E-state index contributed by atoms with van der Waals surface area (Å²) in [5, 5.41) is 23.9. The second kappa shape index (κ2) is 12.9. The van der Waals surface area contributed by atoms with Crippen molar-refractivity contribution in [3.8, 4) is 12.1 Å². The molecule has 1 aliphatic heterocycles. The third kappa shape index (κ3) is 7.85. The highest BCUT2D eigenvalue weighted by atomic mass is 19.4. The Bertz CT molecular complexity index is 1350. The number of anilines is 2. The molecule has 2 aromatic rings. The molecule has 1 saturated carbocycles. The number of halogens is 6. The number of hydrogen-bond donors (Lipinski definition) is 2. The number of amides is 1. The van der Waals surface area contributed by atoms with Crippen molar-refractivity contribution in [3.05, 3.63) is 58.7 Å². The van der Waals surface area contributed by atoms with Gasteiger partial charge in [0.15, 0.2) is 0 Å². The van der Waals surface area contributed by atoms with Gasteiger partial charge in [-0.3, -0.25) is 4.79 Å². The molecular formula is C29H29F6N5O2. The molecule has 0 atom stereocenters. The van der Waals surface area contributed by atoms with Gasteiger partial charge in [-0.25, -0.2) is 0 Å². The summed E-state index contributed by atoms with van der Waals surface area (Å²) in [7, 11) is 0. The maximum atomic E-state index is 13.3. The summed E-state index contributed by atoms with van der Waals surface area (Å²) in [5.74, 6) is -0.288. The molecule has 13 heteroatoms. The molecule has 1 aliphatic carbocycles. The summed E-state index contributed by atoms with van der Waals surface area (Å²) in [4.78, 5) is 14.3. The van der Waals surface area contributed by atoms with Gasteiger partial charge in [-0.1, -0.05) is 0 Å². The lowest BCUT2D eigenvalue weighted by Crippen LogP contribution is -2.46. The maximum Gasteiger partial charge on any atom is 0.417 e. The first-order valence-electron chi connectivity index (χ1n) is 13.5. The second-order valence-corrected chi connectivity index (χ2v) is 10.5. The highest BCUT2D eigenvalue weighted by Gasteiger charge is 2.35. The lowest BCUT2D eigenvalue weighted by Gasteiger charge is -2.34. The van der Waals surface area contributed by atoms with E-state index in [2.05, 4.69) is 10.6 Å². The Labute approximate surface area is 239 Å². The standard InChI is InChI=1S/C29H29F6N5O2/c30-28(31,32)25-13-22(3-1-18(25)15-36)38-20-4-7-24(8-5-20)42-17-27(41)39-21-9-11-40(12-10-21)23-6-2-19(16-37)26(14-23)29(33,34)35/h1-3,6,13-14,20-21,24,38H,4-5,7-12,17H2,(H,39,41)/t20-,24-. The Hall–Kier alpha value is -3.97. The summed E-state index contributed by atoms with van der Waals surface area (Å²) in [6.07, 6.45) is -5.83. The summed E-state index contributed by atoms with van der Waals surface area (Å²) in [5.41, 5.74) is -2.14. The zero-order valence-electron chi connectivity index (χ0n) is 22.5. The van der Waals surface area contributed by atoms with Gasteiger partial charge in [-0.15, -0.1) is 0 Å². The highest BCUT2D eigenvalue weighted by Crippen LogP contribution is 2.36. The largest absolute Gasteiger partial charge is 0.417 e. The normalized spacial score (nSPS) is 20.0. The number of hydrogen-bond acceptors (Lipinski definition) is 6. The van der Waals surface area contributed by atoms with E-state index < -0.39 is 34.6 Å². The van der Waals surface area contributed by atoms with Crippen molar-refractivity contribution < 1.29 is 35.9 Å². The van der Waals surface area contributed by atoms with Crippen LogP contribution in [0.25, 0.3) is 0 Å². The van der Waals surface area contributed by atoms with E-state index in [0.29, 0.717) is 57.3 Å². The van der Waals surface area contributed by atoms with E-state index in [-0.39, 0.29) is 36.4 Å². The molecule has 2 fully saturated rings. The fraction of sp³-hybridized carbons (Fsp3) is 0.483. The molecule has 0 aromatic heterocycles. The van der Waals surface area contributed by atoms with E-state index in [9.17, 15) is 31.1 Å². The van der Waals surface area contributed by atoms with E-state index in [1.54, 1.807) is 17.0 Å². The van der Waals surface area contributed by atoms with Crippen molar-refractivity contribution in [2.75, 3.05) is 29.9 Å². The van der Waals surface area contributed by atoms with Crippen molar-refractivity contribution in [2.24, 2.45) is 0 Å².